The molecule has 0 heterocycles. The van der Waals surface area contributed by atoms with Gasteiger partial charge in [-0.2, -0.15) is 13.7 Å². The van der Waals surface area contributed by atoms with Gasteiger partial charge in [0, 0.05) is 12.0 Å². The van der Waals surface area contributed by atoms with Crippen LogP contribution in [0, 0.1) is 25.2 Å². The maximum Gasteiger partial charge on any atom is 0.358 e. The number of oxime groups is 1. The largest absolute Gasteiger partial charge is 0.358 e. The van der Waals surface area contributed by atoms with Crippen LogP contribution in [0.25, 0.3) is 5.57 Å². The summed E-state index contributed by atoms with van der Waals surface area (Å²) < 4.78 is 29.6. The van der Waals surface area contributed by atoms with Gasteiger partial charge >= 0.3 is 10.1 Å². The molecule has 3 rings (SSSR count). The van der Waals surface area contributed by atoms with Crippen molar-refractivity contribution in [3.63, 3.8) is 0 Å². The molecule has 136 valence electrons. The Kier molecular flexibility index (Phi) is 5.24. The normalized spacial score (nSPS) is 17.0. The van der Waals surface area contributed by atoms with Gasteiger partial charge in [-0.05, 0) is 37.1 Å². The van der Waals surface area contributed by atoms with Crippen molar-refractivity contribution >= 4 is 21.4 Å². The van der Waals surface area contributed by atoms with E-state index in [9.17, 15) is 13.7 Å². The van der Waals surface area contributed by atoms with E-state index in [-0.39, 0.29) is 4.90 Å². The third-order valence-electron chi connectivity index (χ3n) is 4.26. The van der Waals surface area contributed by atoms with Crippen LogP contribution in [-0.4, -0.2) is 14.1 Å². The van der Waals surface area contributed by atoms with E-state index < -0.39 is 10.1 Å². The van der Waals surface area contributed by atoms with Gasteiger partial charge in [0.2, 0.25) is 0 Å². The van der Waals surface area contributed by atoms with E-state index in [0.717, 1.165) is 16.7 Å². The van der Waals surface area contributed by atoms with Gasteiger partial charge in [0.25, 0.3) is 0 Å². The van der Waals surface area contributed by atoms with Gasteiger partial charge in [-0.3, -0.25) is 4.28 Å². The third-order valence-corrected chi connectivity index (χ3v) is 5.38. The predicted molar refractivity (Wildman–Crippen MR) is 104 cm³/mol. The summed E-state index contributed by atoms with van der Waals surface area (Å²) in [7, 11) is -4.01. The first-order valence-electron chi connectivity index (χ1n) is 8.37. The fourth-order valence-electron chi connectivity index (χ4n) is 2.77. The van der Waals surface area contributed by atoms with Crippen molar-refractivity contribution in [3.8, 4) is 6.07 Å². The van der Waals surface area contributed by atoms with Crippen LogP contribution in [0.15, 0.2) is 76.3 Å². The van der Waals surface area contributed by atoms with Crippen LogP contribution in [0.1, 0.15) is 23.1 Å². The van der Waals surface area contributed by atoms with Crippen molar-refractivity contribution in [2.24, 2.45) is 5.16 Å². The lowest BCUT2D eigenvalue weighted by Crippen LogP contribution is -2.06. The van der Waals surface area contributed by atoms with E-state index in [1.54, 1.807) is 18.2 Å². The zero-order chi connectivity index (χ0) is 19.4. The fraction of sp³-hybridized carbons (Fsp3) is 0.143. The van der Waals surface area contributed by atoms with Crippen LogP contribution in [0.3, 0.4) is 0 Å². The second-order valence-electron chi connectivity index (χ2n) is 6.20. The van der Waals surface area contributed by atoms with Gasteiger partial charge in [0.1, 0.15) is 11.0 Å². The highest BCUT2D eigenvalue weighted by molar-refractivity contribution is 7.86. The molecule has 0 saturated heterocycles. The van der Waals surface area contributed by atoms with E-state index in [2.05, 4.69) is 11.2 Å². The van der Waals surface area contributed by atoms with E-state index in [0.29, 0.717) is 23.3 Å². The third kappa shape index (κ3) is 3.99. The van der Waals surface area contributed by atoms with Crippen molar-refractivity contribution in [1.82, 2.24) is 0 Å². The Morgan fingerprint density at radius 2 is 1.81 bits per heavy atom. The zero-order valence-electron chi connectivity index (χ0n) is 15.0. The average molecular weight is 378 g/mol. The highest BCUT2D eigenvalue weighted by atomic mass is 32.2. The first-order chi connectivity index (χ1) is 12.9. The minimum atomic E-state index is -4.01. The molecule has 0 bridgehead atoms. The number of rotatable bonds is 4. The van der Waals surface area contributed by atoms with Crippen LogP contribution >= 0.6 is 0 Å². The zero-order valence-corrected chi connectivity index (χ0v) is 15.8. The number of hydrogen-bond donors (Lipinski definition) is 0. The Hall–Kier alpha value is -3.17. The van der Waals surface area contributed by atoms with Crippen molar-refractivity contribution in [3.05, 3.63) is 82.9 Å². The van der Waals surface area contributed by atoms with Crippen LogP contribution in [0.2, 0.25) is 0 Å². The summed E-state index contributed by atoms with van der Waals surface area (Å²) in [5, 5.41) is 13.5. The standard InChI is InChI=1S/C21H18N2O3S/c1-15-10-12-17(13-11-15)27(24,25)26-23-21-9-5-8-19(21)20(14-22)18-7-4-3-6-16(18)2/h3-8,10-13H,9H2,1-2H3/b20-19+,23-21+. The number of aryl methyl sites for hydroxylation is 2. The fourth-order valence-corrected chi connectivity index (χ4v) is 3.51. The van der Waals surface area contributed by atoms with Gasteiger partial charge in [-0.1, -0.05) is 59.3 Å². The summed E-state index contributed by atoms with van der Waals surface area (Å²) in [4.78, 5) is 0.0355. The van der Waals surface area contributed by atoms with Crippen molar-refractivity contribution in [2.45, 2.75) is 25.2 Å². The summed E-state index contributed by atoms with van der Waals surface area (Å²) in [6.45, 7) is 3.79. The summed E-state index contributed by atoms with van der Waals surface area (Å²) in [5.74, 6) is 0. The molecule has 27 heavy (non-hydrogen) atoms. The lowest BCUT2D eigenvalue weighted by atomic mass is 9.96. The van der Waals surface area contributed by atoms with Gasteiger partial charge in [0.15, 0.2) is 0 Å². The Bertz CT molecular complexity index is 1100. The molecule has 1 aliphatic rings. The smallest absolute Gasteiger partial charge is 0.264 e. The van der Waals surface area contributed by atoms with E-state index in [1.165, 1.54) is 12.1 Å². The Morgan fingerprint density at radius 1 is 1.11 bits per heavy atom. The van der Waals surface area contributed by atoms with Crippen molar-refractivity contribution in [1.29, 1.82) is 5.26 Å². The molecule has 5 nitrogen and oxygen atoms in total. The SMILES string of the molecule is Cc1ccc(S(=O)(=O)O/N=C2\CC=C\C2=C(\C#N)c2ccccc2C)cc1. The Labute approximate surface area is 159 Å². The average Bonchev–Trinajstić information content (AvgIpc) is 3.11. The van der Waals surface area contributed by atoms with Crippen LogP contribution in [-0.2, 0) is 14.4 Å². The molecular weight excluding hydrogens is 360 g/mol. The molecular formula is C21H18N2O3S. The molecule has 0 N–H and O–H groups in total. The van der Waals surface area contributed by atoms with Crippen molar-refractivity contribution in [2.75, 3.05) is 0 Å². The number of allylic oxidation sites excluding steroid dienone is 4. The van der Waals surface area contributed by atoms with E-state index in [4.69, 9.17) is 4.28 Å². The van der Waals surface area contributed by atoms with E-state index >= 15 is 0 Å². The minimum absolute atomic E-state index is 0.0355. The first-order valence-corrected chi connectivity index (χ1v) is 9.77. The highest BCUT2D eigenvalue weighted by Crippen LogP contribution is 2.27. The summed E-state index contributed by atoms with van der Waals surface area (Å²) in [6.07, 6.45) is 3.99. The van der Waals surface area contributed by atoms with Crippen LogP contribution in [0.4, 0.5) is 0 Å². The minimum Gasteiger partial charge on any atom is -0.264 e. The summed E-state index contributed by atoms with van der Waals surface area (Å²) in [6, 6.07) is 16.1. The monoisotopic (exact) mass is 378 g/mol. The maximum absolute atomic E-state index is 12.3. The highest BCUT2D eigenvalue weighted by Gasteiger charge is 2.21. The Balaban J connectivity index is 1.96. The predicted octanol–water partition coefficient (Wildman–Crippen LogP) is 4.30. The molecule has 0 unspecified atom stereocenters. The van der Waals surface area contributed by atoms with Gasteiger partial charge < -0.3 is 0 Å². The topological polar surface area (TPSA) is 79.5 Å². The van der Waals surface area contributed by atoms with E-state index in [1.807, 2.05) is 44.2 Å². The number of nitrogens with zero attached hydrogens (tertiary/aromatic N) is 2. The first kappa shape index (κ1) is 18.6. The molecule has 0 amide bonds. The van der Waals surface area contributed by atoms with Crippen LogP contribution in [0.5, 0.6) is 0 Å². The molecule has 6 heteroatoms. The summed E-state index contributed by atoms with van der Waals surface area (Å²) in [5.41, 5.74) is 4.11. The molecule has 0 radical (unpaired) electrons. The molecule has 2 aromatic carbocycles. The molecule has 0 saturated carbocycles. The summed E-state index contributed by atoms with van der Waals surface area (Å²) >= 11 is 0. The maximum atomic E-state index is 12.3. The number of hydrogen-bond acceptors (Lipinski definition) is 5. The van der Waals surface area contributed by atoms with Gasteiger partial charge in [-0.15, -0.1) is 0 Å². The molecule has 1 aliphatic carbocycles. The molecule has 0 spiro atoms. The lowest BCUT2D eigenvalue weighted by molar-refractivity contribution is 0.338. The van der Waals surface area contributed by atoms with Crippen molar-refractivity contribution < 1.29 is 12.7 Å². The molecule has 0 aromatic heterocycles. The second kappa shape index (κ2) is 7.60. The number of benzene rings is 2. The molecule has 2 aromatic rings. The molecule has 0 aliphatic heterocycles. The number of nitriles is 1. The molecule has 0 fully saturated rings. The van der Waals surface area contributed by atoms with Crippen LogP contribution < -0.4 is 0 Å². The Morgan fingerprint density at radius 3 is 2.48 bits per heavy atom. The quantitative estimate of drug-likeness (QED) is 0.587. The van der Waals surface area contributed by atoms with Gasteiger partial charge in [-0.25, -0.2) is 0 Å². The molecule has 0 atom stereocenters. The van der Waals surface area contributed by atoms with Gasteiger partial charge in [0.05, 0.1) is 11.3 Å². The lowest BCUT2D eigenvalue weighted by Gasteiger charge is -2.08. The second-order valence-corrected chi connectivity index (χ2v) is 7.73.